The van der Waals surface area contributed by atoms with Crippen LogP contribution in [0.25, 0.3) is 0 Å². The normalized spacial score (nSPS) is 12.3. The monoisotopic (exact) mass is 518 g/mol. The van der Waals surface area contributed by atoms with Gasteiger partial charge in [0.1, 0.15) is 0 Å². The third-order valence-electron chi connectivity index (χ3n) is 5.25. The zero-order valence-electron chi connectivity index (χ0n) is 19.5. The molecule has 1 heterocycles. The van der Waals surface area contributed by atoms with E-state index in [9.17, 15) is 4.79 Å². The van der Waals surface area contributed by atoms with Gasteiger partial charge < -0.3 is 0 Å². The number of aromatic nitrogens is 1. The predicted molar refractivity (Wildman–Crippen MR) is 126 cm³/mol. The molecule has 28 heavy (non-hydrogen) atoms. The molecule has 0 saturated carbocycles. The molecule has 0 N–H and O–H groups in total. The van der Waals surface area contributed by atoms with E-state index in [4.69, 9.17) is 9.72 Å². The first-order chi connectivity index (χ1) is 13.1. The van der Waals surface area contributed by atoms with Gasteiger partial charge in [0.2, 0.25) is 0 Å². The number of rotatable bonds is 11. The van der Waals surface area contributed by atoms with E-state index in [0.717, 1.165) is 5.13 Å². The summed E-state index contributed by atoms with van der Waals surface area (Å²) in [6.07, 6.45) is 7.47. The summed E-state index contributed by atoms with van der Waals surface area (Å²) in [5, 5.41) is 0.798. The number of ether oxygens (including phenoxy) is 1. The Morgan fingerprint density at radius 2 is 1.50 bits per heavy atom. The van der Waals surface area contributed by atoms with Gasteiger partial charge in [0.15, 0.2) is 0 Å². The summed E-state index contributed by atoms with van der Waals surface area (Å²) in [6, 6.07) is 0. The van der Waals surface area contributed by atoms with Gasteiger partial charge >= 0.3 is 182 Å². The van der Waals surface area contributed by atoms with Crippen LogP contribution in [0, 0.1) is 6.92 Å². The molecule has 0 atom stereocenters. The van der Waals surface area contributed by atoms with Crippen molar-refractivity contribution >= 4 is 43.8 Å². The number of aryl methyl sites for hydroxylation is 1. The Morgan fingerprint density at radius 1 is 1.04 bits per heavy atom. The first kappa shape index (κ1) is 25.7. The van der Waals surface area contributed by atoms with Gasteiger partial charge in [-0.1, -0.05) is 0 Å². The molecule has 0 aliphatic rings. The Labute approximate surface area is 181 Å². The fraction of sp³-hybridized carbons (Fsp3) is 0.818. The van der Waals surface area contributed by atoms with Gasteiger partial charge in [-0.25, -0.2) is 0 Å². The summed E-state index contributed by atoms with van der Waals surface area (Å²) in [4.78, 5) is 19.0. The van der Waals surface area contributed by atoms with Crippen molar-refractivity contribution in [1.82, 2.24) is 4.98 Å². The van der Waals surface area contributed by atoms with Crippen molar-refractivity contribution in [2.45, 2.75) is 106 Å². The van der Waals surface area contributed by atoms with Crippen LogP contribution in [0.3, 0.4) is 0 Å². The van der Waals surface area contributed by atoms with E-state index in [1.54, 1.807) is 26.2 Å². The van der Waals surface area contributed by atoms with Crippen LogP contribution >= 0.6 is 11.3 Å². The van der Waals surface area contributed by atoms with Crippen LogP contribution in [0.1, 0.15) is 85.8 Å². The van der Waals surface area contributed by atoms with Crippen molar-refractivity contribution in [2.75, 3.05) is 11.9 Å². The van der Waals surface area contributed by atoms with Gasteiger partial charge in [-0.2, -0.15) is 0 Å². The van der Waals surface area contributed by atoms with E-state index < -0.39 is 24.0 Å². The molecule has 0 saturated heterocycles. The maximum atomic E-state index is 12.5. The second-order valence-corrected chi connectivity index (χ2v) is 24.1. The summed E-state index contributed by atoms with van der Waals surface area (Å²) >= 11 is -0.742. The topological polar surface area (TPSA) is 42.4 Å². The summed E-state index contributed by atoms with van der Waals surface area (Å²) in [6.45, 7) is 14.8. The molecule has 4 nitrogen and oxygen atoms in total. The van der Waals surface area contributed by atoms with Gasteiger partial charge in [-0.05, 0) is 0 Å². The van der Waals surface area contributed by atoms with Crippen LogP contribution in [0.15, 0.2) is 0 Å². The van der Waals surface area contributed by atoms with E-state index in [1.165, 1.54) is 57.5 Å². The van der Waals surface area contributed by atoms with E-state index in [0.29, 0.717) is 0 Å². The van der Waals surface area contributed by atoms with E-state index in [-0.39, 0.29) is 6.09 Å². The van der Waals surface area contributed by atoms with Crippen molar-refractivity contribution in [3.8, 4) is 0 Å². The molecular weight excluding hydrogens is 475 g/mol. The van der Waals surface area contributed by atoms with Gasteiger partial charge in [-0.3, -0.25) is 0 Å². The molecule has 0 spiro atoms. The summed E-state index contributed by atoms with van der Waals surface area (Å²) in [5.74, 6) is 0. The Kier molecular flexibility index (Phi) is 10.8. The number of thiazole rings is 1. The molecule has 1 rings (SSSR count). The molecule has 0 aromatic carbocycles. The number of nitrogens with zero attached hydrogens (tertiary/aromatic N) is 2. The SMILES string of the molecule is CCC[CH2][Sn]([CH2]CCC)([CH2]CCC)[c]1sc(N(C)C(=O)OC(C)(C)C)nc1C. The van der Waals surface area contributed by atoms with Crippen molar-refractivity contribution in [1.29, 1.82) is 0 Å². The first-order valence-corrected chi connectivity index (χ1v) is 19.3. The van der Waals surface area contributed by atoms with Crippen LogP contribution in [0.4, 0.5) is 9.93 Å². The molecule has 0 fully saturated rings. The van der Waals surface area contributed by atoms with Crippen molar-refractivity contribution in [2.24, 2.45) is 0 Å². The molecule has 1 aromatic heterocycles. The molecule has 1 aromatic rings. The van der Waals surface area contributed by atoms with Crippen LogP contribution < -0.4 is 7.79 Å². The fourth-order valence-electron chi connectivity index (χ4n) is 3.69. The molecule has 0 aliphatic heterocycles. The Bertz CT molecular complexity index is 588. The van der Waals surface area contributed by atoms with Crippen LogP contribution in [0.2, 0.25) is 13.3 Å². The number of carbonyl (C=O) groups excluding carboxylic acids is 1. The molecule has 0 bridgehead atoms. The zero-order chi connectivity index (χ0) is 21.4. The number of hydrogen-bond donors (Lipinski definition) is 0. The molecule has 1 amide bonds. The van der Waals surface area contributed by atoms with E-state index >= 15 is 0 Å². The maximum absolute atomic E-state index is 12.5. The molecule has 0 radical (unpaired) electrons. The number of unbranched alkanes of at least 4 members (excludes halogenated alkanes) is 3. The second-order valence-electron chi connectivity index (χ2n) is 9.04. The predicted octanol–water partition coefficient (Wildman–Crippen LogP) is 6.88. The summed E-state index contributed by atoms with van der Waals surface area (Å²) in [5.41, 5.74) is 0.682. The van der Waals surface area contributed by atoms with E-state index in [1.807, 2.05) is 20.8 Å². The number of amides is 1. The quantitative estimate of drug-likeness (QED) is 0.301. The standard InChI is InChI=1S/C10H15N2O2S.3C4H9.Sn/c1-7-6-15-8(11-7)12(5)9(13)14-10(2,3)4;3*1-3-4-2;/h1-5H3;3*1,3-4H2,2H3;. The first-order valence-electron chi connectivity index (χ1n) is 11.0. The number of hydrogen-bond acceptors (Lipinski definition) is 4. The van der Waals surface area contributed by atoms with E-state index in [2.05, 4.69) is 27.7 Å². The average molecular weight is 517 g/mol. The Balaban J connectivity index is 3.24. The minimum atomic E-state index is -2.53. The summed E-state index contributed by atoms with van der Waals surface area (Å²) < 4.78 is 11.4. The van der Waals surface area contributed by atoms with Crippen molar-refractivity contribution < 1.29 is 9.53 Å². The van der Waals surface area contributed by atoms with Gasteiger partial charge in [-0.15, -0.1) is 0 Å². The van der Waals surface area contributed by atoms with Gasteiger partial charge in [0.05, 0.1) is 0 Å². The van der Waals surface area contributed by atoms with Crippen molar-refractivity contribution in [3.63, 3.8) is 0 Å². The molecule has 0 aliphatic carbocycles. The minimum absolute atomic E-state index is 0.315. The Morgan fingerprint density at radius 3 is 1.89 bits per heavy atom. The van der Waals surface area contributed by atoms with Gasteiger partial charge in [0.25, 0.3) is 0 Å². The summed E-state index contributed by atoms with van der Waals surface area (Å²) in [7, 11) is 1.79. The third kappa shape index (κ3) is 7.51. The van der Waals surface area contributed by atoms with Crippen LogP contribution in [0.5, 0.6) is 0 Å². The zero-order valence-corrected chi connectivity index (χ0v) is 23.2. The van der Waals surface area contributed by atoms with Crippen LogP contribution in [-0.2, 0) is 4.74 Å². The second kappa shape index (κ2) is 11.8. The number of anilines is 1. The number of carbonyl (C=O) groups is 1. The van der Waals surface area contributed by atoms with Crippen LogP contribution in [-0.4, -0.2) is 42.1 Å². The fourth-order valence-corrected chi connectivity index (χ4v) is 24.6. The molecule has 0 unspecified atom stereocenters. The van der Waals surface area contributed by atoms with Gasteiger partial charge in [0, 0.05) is 0 Å². The average Bonchev–Trinajstić information content (AvgIpc) is 3.01. The molecule has 162 valence electrons. The molecule has 6 heteroatoms. The van der Waals surface area contributed by atoms with Crippen molar-refractivity contribution in [3.05, 3.63) is 5.69 Å². The molecular formula is C22H42N2O2SSn. The third-order valence-corrected chi connectivity index (χ3v) is 25.1. The Hall–Kier alpha value is -0.301.